The van der Waals surface area contributed by atoms with Gasteiger partial charge in [0.05, 0.1) is 5.52 Å². The van der Waals surface area contributed by atoms with Crippen molar-refractivity contribution in [3.05, 3.63) is 66.4 Å². The largest absolute Gasteiger partial charge is 0.255 e. The van der Waals surface area contributed by atoms with Crippen molar-refractivity contribution >= 4 is 32.4 Å². The highest BCUT2D eigenvalue weighted by molar-refractivity contribution is 6.14. The van der Waals surface area contributed by atoms with Gasteiger partial charge >= 0.3 is 0 Å². The molecule has 0 aliphatic carbocycles. The Balaban J connectivity index is 2.28. The second kappa shape index (κ2) is 3.79. The molecule has 1 heteroatoms. The number of fused-ring (bicyclic) bond motifs is 5. The van der Waals surface area contributed by atoms with Crippen molar-refractivity contribution in [3.63, 3.8) is 0 Å². The number of aryl methyl sites for hydroxylation is 1. The van der Waals surface area contributed by atoms with Crippen LogP contribution in [0.2, 0.25) is 0 Å². The molecule has 4 rings (SSSR count). The van der Waals surface area contributed by atoms with E-state index in [0.717, 1.165) is 5.52 Å². The number of pyridine rings is 1. The van der Waals surface area contributed by atoms with Crippen molar-refractivity contribution in [2.45, 2.75) is 6.92 Å². The van der Waals surface area contributed by atoms with Crippen molar-refractivity contribution in [1.82, 2.24) is 4.98 Å². The lowest BCUT2D eigenvalue weighted by molar-refractivity contribution is 1.44. The third-order valence-electron chi connectivity index (χ3n) is 3.73. The predicted molar refractivity (Wildman–Crippen MR) is 81.5 cm³/mol. The van der Waals surface area contributed by atoms with Crippen LogP contribution in [0.3, 0.4) is 0 Å². The topological polar surface area (TPSA) is 12.9 Å². The minimum absolute atomic E-state index is 1.09. The third kappa shape index (κ3) is 1.52. The van der Waals surface area contributed by atoms with Gasteiger partial charge in [0.15, 0.2) is 0 Å². The second-order valence-electron chi connectivity index (χ2n) is 5.03. The zero-order chi connectivity index (χ0) is 12.8. The van der Waals surface area contributed by atoms with Crippen LogP contribution >= 0.6 is 0 Å². The number of aromatic nitrogens is 1. The molecule has 0 amide bonds. The van der Waals surface area contributed by atoms with Crippen LogP contribution in [0.15, 0.2) is 60.8 Å². The standard InChI is InChI=1S/C18H13N/c1-12-6-7-14-11-19-18-15-5-3-2-4-13(15)8-9-16(18)17(14)10-12/h2-11H,1H3. The molecule has 0 atom stereocenters. The number of benzene rings is 3. The molecule has 1 heterocycles. The second-order valence-corrected chi connectivity index (χ2v) is 5.03. The van der Waals surface area contributed by atoms with Gasteiger partial charge in [0.1, 0.15) is 0 Å². The Labute approximate surface area is 111 Å². The normalized spacial score (nSPS) is 11.4. The van der Waals surface area contributed by atoms with Gasteiger partial charge in [0.25, 0.3) is 0 Å². The lowest BCUT2D eigenvalue weighted by Gasteiger charge is -2.07. The first kappa shape index (κ1) is 10.5. The molecule has 19 heavy (non-hydrogen) atoms. The van der Waals surface area contributed by atoms with Crippen molar-refractivity contribution in [1.29, 1.82) is 0 Å². The highest BCUT2D eigenvalue weighted by Crippen LogP contribution is 2.29. The fourth-order valence-electron chi connectivity index (χ4n) is 2.76. The molecule has 0 aliphatic heterocycles. The Kier molecular flexibility index (Phi) is 2.10. The van der Waals surface area contributed by atoms with Gasteiger partial charge in [-0.1, -0.05) is 60.2 Å². The van der Waals surface area contributed by atoms with E-state index in [1.165, 1.54) is 32.5 Å². The fourth-order valence-corrected chi connectivity index (χ4v) is 2.76. The van der Waals surface area contributed by atoms with E-state index >= 15 is 0 Å². The van der Waals surface area contributed by atoms with Crippen molar-refractivity contribution < 1.29 is 0 Å². The predicted octanol–water partition coefficient (Wildman–Crippen LogP) is 4.85. The number of hydrogen-bond donors (Lipinski definition) is 0. The number of rotatable bonds is 0. The summed E-state index contributed by atoms with van der Waals surface area (Å²) in [6.07, 6.45) is 1.98. The Morgan fingerprint density at radius 1 is 0.737 bits per heavy atom. The Morgan fingerprint density at radius 3 is 2.53 bits per heavy atom. The van der Waals surface area contributed by atoms with Gasteiger partial charge < -0.3 is 0 Å². The molecule has 0 N–H and O–H groups in total. The first-order valence-corrected chi connectivity index (χ1v) is 6.50. The third-order valence-corrected chi connectivity index (χ3v) is 3.73. The molecule has 90 valence electrons. The molecular formula is C18H13N. The van der Waals surface area contributed by atoms with E-state index in [2.05, 4.69) is 66.5 Å². The fraction of sp³-hybridized carbons (Fsp3) is 0.0556. The molecule has 0 fully saturated rings. The summed E-state index contributed by atoms with van der Waals surface area (Å²) < 4.78 is 0. The first-order chi connectivity index (χ1) is 9.33. The summed E-state index contributed by atoms with van der Waals surface area (Å²) in [5.74, 6) is 0. The molecule has 0 aliphatic rings. The molecule has 1 aromatic heterocycles. The van der Waals surface area contributed by atoms with Crippen LogP contribution < -0.4 is 0 Å². The van der Waals surface area contributed by atoms with Crippen molar-refractivity contribution in [2.75, 3.05) is 0 Å². The van der Waals surface area contributed by atoms with Crippen LogP contribution in [0.25, 0.3) is 32.4 Å². The van der Waals surface area contributed by atoms with Crippen LogP contribution in [0.4, 0.5) is 0 Å². The Morgan fingerprint density at radius 2 is 1.58 bits per heavy atom. The molecule has 0 saturated heterocycles. The zero-order valence-electron chi connectivity index (χ0n) is 10.7. The SMILES string of the molecule is Cc1ccc2cnc3c4ccccc4ccc3c2c1. The average molecular weight is 243 g/mol. The molecular weight excluding hydrogens is 230 g/mol. The Hall–Kier alpha value is -2.41. The molecule has 3 aromatic carbocycles. The van der Waals surface area contributed by atoms with Crippen LogP contribution in [0.5, 0.6) is 0 Å². The zero-order valence-corrected chi connectivity index (χ0v) is 10.7. The van der Waals surface area contributed by atoms with E-state index in [4.69, 9.17) is 0 Å². The monoisotopic (exact) mass is 243 g/mol. The van der Waals surface area contributed by atoms with E-state index in [-0.39, 0.29) is 0 Å². The van der Waals surface area contributed by atoms with Gasteiger partial charge in [-0.25, -0.2) is 0 Å². The van der Waals surface area contributed by atoms with Gasteiger partial charge in [0, 0.05) is 22.4 Å². The summed E-state index contributed by atoms with van der Waals surface area (Å²) in [6, 6.07) is 19.3. The molecule has 0 radical (unpaired) electrons. The molecule has 4 aromatic rings. The van der Waals surface area contributed by atoms with Crippen LogP contribution in [-0.4, -0.2) is 4.98 Å². The first-order valence-electron chi connectivity index (χ1n) is 6.50. The molecule has 0 unspecified atom stereocenters. The van der Waals surface area contributed by atoms with E-state index in [9.17, 15) is 0 Å². The quantitative estimate of drug-likeness (QED) is 0.402. The minimum atomic E-state index is 1.09. The van der Waals surface area contributed by atoms with Crippen LogP contribution in [0, 0.1) is 6.92 Å². The van der Waals surface area contributed by atoms with Gasteiger partial charge in [-0.2, -0.15) is 0 Å². The molecule has 1 nitrogen and oxygen atoms in total. The maximum absolute atomic E-state index is 4.67. The minimum Gasteiger partial charge on any atom is -0.255 e. The number of hydrogen-bond acceptors (Lipinski definition) is 1. The van der Waals surface area contributed by atoms with Gasteiger partial charge in [0.2, 0.25) is 0 Å². The van der Waals surface area contributed by atoms with E-state index in [0.29, 0.717) is 0 Å². The average Bonchev–Trinajstić information content (AvgIpc) is 2.46. The molecule has 0 bridgehead atoms. The summed E-state index contributed by atoms with van der Waals surface area (Å²) in [6.45, 7) is 2.13. The van der Waals surface area contributed by atoms with Crippen LogP contribution in [0.1, 0.15) is 5.56 Å². The Bertz CT molecular complexity index is 922. The van der Waals surface area contributed by atoms with E-state index < -0.39 is 0 Å². The summed E-state index contributed by atoms with van der Waals surface area (Å²) in [7, 11) is 0. The summed E-state index contributed by atoms with van der Waals surface area (Å²) in [4.78, 5) is 4.67. The van der Waals surface area contributed by atoms with Gasteiger partial charge in [-0.05, 0) is 17.7 Å². The summed E-state index contributed by atoms with van der Waals surface area (Å²) >= 11 is 0. The molecule has 0 saturated carbocycles. The van der Waals surface area contributed by atoms with Crippen LogP contribution in [-0.2, 0) is 0 Å². The maximum atomic E-state index is 4.67. The van der Waals surface area contributed by atoms with Crippen molar-refractivity contribution in [3.8, 4) is 0 Å². The van der Waals surface area contributed by atoms with Gasteiger partial charge in [-0.15, -0.1) is 0 Å². The highest BCUT2D eigenvalue weighted by Gasteiger charge is 2.05. The maximum Gasteiger partial charge on any atom is 0.0786 e. The van der Waals surface area contributed by atoms with E-state index in [1.54, 1.807) is 0 Å². The summed E-state index contributed by atoms with van der Waals surface area (Å²) in [5.41, 5.74) is 2.38. The van der Waals surface area contributed by atoms with E-state index in [1.807, 2.05) is 6.20 Å². The lowest BCUT2D eigenvalue weighted by atomic mass is 10.0. The lowest BCUT2D eigenvalue weighted by Crippen LogP contribution is -1.85. The highest BCUT2D eigenvalue weighted by atomic mass is 14.7. The van der Waals surface area contributed by atoms with Crippen molar-refractivity contribution in [2.24, 2.45) is 0 Å². The summed E-state index contributed by atoms with van der Waals surface area (Å²) in [5, 5.41) is 6.20. The smallest absolute Gasteiger partial charge is 0.0786 e. The molecule has 0 spiro atoms. The van der Waals surface area contributed by atoms with Gasteiger partial charge in [-0.3, -0.25) is 4.98 Å². The number of nitrogens with zero attached hydrogens (tertiary/aromatic N) is 1.